The third kappa shape index (κ3) is 2.80. The molecule has 0 saturated carbocycles. The lowest BCUT2D eigenvalue weighted by molar-refractivity contribution is -0.0533. The number of fused-ring (bicyclic) bond motifs is 3. The molecule has 3 aromatic heterocycles. The van der Waals surface area contributed by atoms with Crippen molar-refractivity contribution in [3.63, 3.8) is 0 Å². The molecule has 2 atom stereocenters. The third-order valence-electron chi connectivity index (χ3n) is 6.05. The number of aromatic nitrogens is 3. The van der Waals surface area contributed by atoms with E-state index in [2.05, 4.69) is 20.6 Å². The van der Waals surface area contributed by atoms with Crippen molar-refractivity contribution in [2.45, 2.75) is 49.9 Å². The van der Waals surface area contributed by atoms with E-state index in [4.69, 9.17) is 0 Å². The van der Waals surface area contributed by atoms with Gasteiger partial charge in [-0.2, -0.15) is 0 Å². The minimum absolute atomic E-state index is 0.0579. The lowest BCUT2D eigenvalue weighted by Gasteiger charge is -2.44. The van der Waals surface area contributed by atoms with E-state index >= 15 is 0 Å². The fraction of sp³-hybridized carbons (Fsp3) is 0.381. The number of hydrogen-bond acceptors (Lipinski definition) is 4. The second-order valence-corrected chi connectivity index (χ2v) is 7.84. The molecule has 0 spiro atoms. The Bertz CT molecular complexity index is 970. The lowest BCUT2D eigenvalue weighted by atomic mass is 9.85. The van der Waals surface area contributed by atoms with Crippen LogP contribution in [-0.4, -0.2) is 48.1 Å². The zero-order valence-electron chi connectivity index (χ0n) is 15.0. The van der Waals surface area contributed by atoms with Crippen LogP contribution in [0.15, 0.2) is 55.2 Å². The summed E-state index contributed by atoms with van der Waals surface area (Å²) in [5, 5.41) is 12.5. The van der Waals surface area contributed by atoms with Crippen LogP contribution in [-0.2, 0) is 6.54 Å². The number of amides is 1. The Hall–Kier alpha value is -2.73. The van der Waals surface area contributed by atoms with Crippen LogP contribution in [0.4, 0.5) is 0 Å². The maximum atomic E-state index is 13.0. The normalized spacial score (nSPS) is 27.2. The number of hydrogen-bond donors (Lipinski definition) is 1. The van der Waals surface area contributed by atoms with Crippen LogP contribution in [0, 0.1) is 0 Å². The highest BCUT2D eigenvalue weighted by atomic mass is 16.3. The number of nitrogens with zero attached hydrogens (tertiary/aromatic N) is 4. The molecule has 3 aromatic rings. The number of carbonyl (C=O) groups excluding carboxylic acids is 1. The first-order valence-electron chi connectivity index (χ1n) is 9.47. The predicted molar refractivity (Wildman–Crippen MR) is 101 cm³/mol. The van der Waals surface area contributed by atoms with Gasteiger partial charge in [0, 0.05) is 47.8 Å². The molecule has 0 unspecified atom stereocenters. The zero-order chi connectivity index (χ0) is 18.4. The summed E-state index contributed by atoms with van der Waals surface area (Å²) in [6.07, 6.45) is 12.1. The molecule has 5 rings (SSSR count). The van der Waals surface area contributed by atoms with Gasteiger partial charge < -0.3 is 14.6 Å². The van der Waals surface area contributed by atoms with Crippen molar-refractivity contribution in [2.24, 2.45) is 0 Å². The van der Waals surface area contributed by atoms with Crippen molar-refractivity contribution >= 4 is 16.8 Å². The molecule has 2 fully saturated rings. The third-order valence-corrected chi connectivity index (χ3v) is 6.05. The quantitative estimate of drug-likeness (QED) is 0.777. The summed E-state index contributed by atoms with van der Waals surface area (Å²) in [7, 11) is 0. The van der Waals surface area contributed by atoms with E-state index in [1.807, 2.05) is 23.4 Å². The van der Waals surface area contributed by atoms with E-state index in [9.17, 15) is 9.90 Å². The molecule has 0 aromatic carbocycles. The molecule has 6 nitrogen and oxygen atoms in total. The van der Waals surface area contributed by atoms with Crippen LogP contribution in [0.2, 0.25) is 0 Å². The molecule has 2 bridgehead atoms. The summed E-state index contributed by atoms with van der Waals surface area (Å²) < 4.78 is 2.09. The van der Waals surface area contributed by atoms with Gasteiger partial charge in [0.1, 0.15) is 0 Å². The van der Waals surface area contributed by atoms with Gasteiger partial charge in [0.2, 0.25) is 0 Å². The molecule has 2 aliphatic rings. The lowest BCUT2D eigenvalue weighted by Crippen LogP contribution is -2.54. The number of rotatable bonds is 3. The molecular weight excluding hydrogens is 340 g/mol. The first-order valence-corrected chi connectivity index (χ1v) is 9.47. The van der Waals surface area contributed by atoms with Crippen molar-refractivity contribution in [3.05, 3.63) is 60.8 Å². The standard InChI is InChI=1S/C21H22N4O2/c26-20(16-4-7-22-8-5-16)25-17-1-2-18(25)12-21(27,11-17)14-24-10-6-15-3-9-23-13-19(15)24/h3-10,13,17-18,27H,1-2,11-12,14H2/t17-,18-/m0/s1. The van der Waals surface area contributed by atoms with Crippen molar-refractivity contribution < 1.29 is 9.90 Å². The highest BCUT2D eigenvalue weighted by Crippen LogP contribution is 2.42. The largest absolute Gasteiger partial charge is 0.388 e. The molecule has 138 valence electrons. The topological polar surface area (TPSA) is 71.2 Å². The Balaban J connectivity index is 1.38. The van der Waals surface area contributed by atoms with E-state index < -0.39 is 5.60 Å². The Morgan fingerprint density at radius 3 is 2.52 bits per heavy atom. The van der Waals surface area contributed by atoms with E-state index in [-0.39, 0.29) is 18.0 Å². The van der Waals surface area contributed by atoms with Gasteiger partial charge in [-0.3, -0.25) is 14.8 Å². The number of carbonyl (C=O) groups is 1. The molecule has 0 radical (unpaired) electrons. The first kappa shape index (κ1) is 16.4. The molecule has 6 heteroatoms. The Labute approximate surface area is 157 Å². The van der Waals surface area contributed by atoms with E-state index in [0.717, 1.165) is 23.7 Å². The van der Waals surface area contributed by atoms with Crippen molar-refractivity contribution in [2.75, 3.05) is 0 Å². The van der Waals surface area contributed by atoms with Crippen LogP contribution >= 0.6 is 0 Å². The monoisotopic (exact) mass is 362 g/mol. The average molecular weight is 362 g/mol. The maximum Gasteiger partial charge on any atom is 0.254 e. The van der Waals surface area contributed by atoms with Crippen LogP contribution in [0.5, 0.6) is 0 Å². The van der Waals surface area contributed by atoms with Crippen LogP contribution in [0.25, 0.3) is 10.9 Å². The van der Waals surface area contributed by atoms with Gasteiger partial charge in [0.15, 0.2) is 0 Å². The zero-order valence-corrected chi connectivity index (χ0v) is 15.0. The van der Waals surface area contributed by atoms with Gasteiger partial charge in [-0.15, -0.1) is 0 Å². The molecular formula is C21H22N4O2. The molecule has 2 saturated heterocycles. The van der Waals surface area contributed by atoms with Crippen LogP contribution < -0.4 is 0 Å². The smallest absolute Gasteiger partial charge is 0.254 e. The minimum atomic E-state index is -0.803. The average Bonchev–Trinajstić information content (AvgIpc) is 3.21. The van der Waals surface area contributed by atoms with Crippen molar-refractivity contribution in [1.82, 2.24) is 19.4 Å². The number of pyridine rings is 2. The van der Waals surface area contributed by atoms with Crippen LogP contribution in [0.1, 0.15) is 36.0 Å². The van der Waals surface area contributed by atoms with Crippen molar-refractivity contribution in [3.8, 4) is 0 Å². The molecule has 27 heavy (non-hydrogen) atoms. The minimum Gasteiger partial charge on any atom is -0.388 e. The number of aliphatic hydroxyl groups is 1. The van der Waals surface area contributed by atoms with Gasteiger partial charge in [-0.05, 0) is 49.9 Å². The molecule has 1 amide bonds. The summed E-state index contributed by atoms with van der Waals surface area (Å²) in [4.78, 5) is 23.2. The fourth-order valence-corrected chi connectivity index (χ4v) is 4.91. The fourth-order valence-electron chi connectivity index (χ4n) is 4.91. The summed E-state index contributed by atoms with van der Waals surface area (Å²) in [6, 6.07) is 7.75. The summed E-state index contributed by atoms with van der Waals surface area (Å²) in [6.45, 7) is 0.534. The highest BCUT2D eigenvalue weighted by Gasteiger charge is 2.49. The molecule has 2 aliphatic heterocycles. The van der Waals surface area contributed by atoms with Gasteiger partial charge in [-0.25, -0.2) is 0 Å². The van der Waals surface area contributed by atoms with Gasteiger partial charge in [-0.1, -0.05) is 0 Å². The van der Waals surface area contributed by atoms with Crippen molar-refractivity contribution in [1.29, 1.82) is 0 Å². The van der Waals surface area contributed by atoms with Gasteiger partial charge >= 0.3 is 0 Å². The Morgan fingerprint density at radius 2 is 1.78 bits per heavy atom. The summed E-state index contributed by atoms with van der Waals surface area (Å²) in [5.74, 6) is 0.0579. The second-order valence-electron chi connectivity index (χ2n) is 7.84. The van der Waals surface area contributed by atoms with E-state index in [1.54, 1.807) is 30.7 Å². The molecule has 5 heterocycles. The summed E-state index contributed by atoms with van der Waals surface area (Å²) in [5.41, 5.74) is 0.909. The van der Waals surface area contributed by atoms with Crippen LogP contribution in [0.3, 0.4) is 0 Å². The highest BCUT2D eigenvalue weighted by molar-refractivity contribution is 5.94. The van der Waals surface area contributed by atoms with Gasteiger partial charge in [0.05, 0.1) is 23.9 Å². The predicted octanol–water partition coefficient (Wildman–Crippen LogP) is 2.63. The Kier molecular flexibility index (Phi) is 3.75. The summed E-state index contributed by atoms with van der Waals surface area (Å²) >= 11 is 0. The maximum absolute atomic E-state index is 13.0. The first-order chi connectivity index (χ1) is 13.1. The SMILES string of the molecule is O=C(c1ccncc1)N1[C@H]2CC[C@H]1CC(O)(Cn1ccc3ccncc31)C2. The Morgan fingerprint density at radius 1 is 1.07 bits per heavy atom. The number of piperidine rings is 1. The van der Waals surface area contributed by atoms with E-state index in [0.29, 0.717) is 24.9 Å². The van der Waals surface area contributed by atoms with E-state index in [1.165, 1.54) is 0 Å². The second kappa shape index (κ2) is 6.16. The molecule has 1 N–H and O–H groups in total. The van der Waals surface area contributed by atoms with Gasteiger partial charge in [0.25, 0.3) is 5.91 Å². The molecule has 0 aliphatic carbocycles.